The maximum atomic E-state index is 13.4. The van der Waals surface area contributed by atoms with Crippen molar-refractivity contribution in [2.24, 2.45) is 11.7 Å². The molecule has 0 amide bonds. The van der Waals surface area contributed by atoms with E-state index in [2.05, 4.69) is 18.7 Å². The van der Waals surface area contributed by atoms with Crippen molar-refractivity contribution in [3.63, 3.8) is 0 Å². The quantitative estimate of drug-likeness (QED) is 0.914. The second-order valence-corrected chi connectivity index (χ2v) is 5.78. The van der Waals surface area contributed by atoms with E-state index in [9.17, 15) is 4.39 Å². The van der Waals surface area contributed by atoms with Gasteiger partial charge >= 0.3 is 0 Å². The van der Waals surface area contributed by atoms with Crippen LogP contribution in [0.15, 0.2) is 18.2 Å². The fraction of sp³-hybridized carbons (Fsp3) is 0.571. The largest absolute Gasteiger partial charge is 0.329 e. The van der Waals surface area contributed by atoms with Crippen molar-refractivity contribution in [3.05, 3.63) is 34.6 Å². The number of nitrogens with two attached hydrogens (primary N) is 1. The summed E-state index contributed by atoms with van der Waals surface area (Å²) in [6.07, 6.45) is 1.17. The maximum Gasteiger partial charge on any atom is 0.125 e. The van der Waals surface area contributed by atoms with Crippen molar-refractivity contribution in [1.29, 1.82) is 0 Å². The van der Waals surface area contributed by atoms with Crippen LogP contribution >= 0.6 is 11.6 Å². The van der Waals surface area contributed by atoms with Gasteiger partial charge < -0.3 is 5.73 Å². The third-order valence-electron chi connectivity index (χ3n) is 3.73. The molecule has 0 aliphatic carbocycles. The van der Waals surface area contributed by atoms with E-state index in [0.717, 1.165) is 12.1 Å². The third kappa shape index (κ3) is 2.85. The molecule has 1 aromatic carbocycles. The second-order valence-electron chi connectivity index (χ2n) is 5.34. The summed E-state index contributed by atoms with van der Waals surface area (Å²) in [5, 5.41) is 0.434. The van der Waals surface area contributed by atoms with E-state index in [1.165, 1.54) is 12.5 Å². The number of benzene rings is 1. The second kappa shape index (κ2) is 5.55. The van der Waals surface area contributed by atoms with Crippen LogP contribution in [0.3, 0.4) is 0 Å². The summed E-state index contributed by atoms with van der Waals surface area (Å²) in [6.45, 7) is 5.93. The van der Waals surface area contributed by atoms with Gasteiger partial charge in [-0.25, -0.2) is 4.39 Å². The number of hydrogen-bond acceptors (Lipinski definition) is 2. The van der Waals surface area contributed by atoms with E-state index in [-0.39, 0.29) is 11.9 Å². The summed E-state index contributed by atoms with van der Waals surface area (Å²) in [5.74, 6) is 0.369. The molecule has 18 heavy (non-hydrogen) atoms. The molecular formula is C14H20ClFN2. The van der Waals surface area contributed by atoms with Gasteiger partial charge in [0.15, 0.2) is 0 Å². The summed E-state index contributed by atoms with van der Waals surface area (Å²) in [5.41, 5.74) is 6.76. The van der Waals surface area contributed by atoms with Crippen LogP contribution in [0.1, 0.15) is 31.9 Å². The highest BCUT2D eigenvalue weighted by Gasteiger charge is 2.32. The number of rotatable bonds is 3. The average molecular weight is 271 g/mol. The molecule has 2 nitrogen and oxygen atoms in total. The zero-order chi connectivity index (χ0) is 13.3. The van der Waals surface area contributed by atoms with Crippen LogP contribution in [0.2, 0.25) is 5.02 Å². The van der Waals surface area contributed by atoms with E-state index < -0.39 is 0 Å². The first-order chi connectivity index (χ1) is 8.51. The zero-order valence-electron chi connectivity index (χ0n) is 10.9. The van der Waals surface area contributed by atoms with Crippen LogP contribution < -0.4 is 5.73 Å². The van der Waals surface area contributed by atoms with Gasteiger partial charge in [0.05, 0.1) is 0 Å². The Kier molecular flexibility index (Phi) is 4.25. The first-order valence-corrected chi connectivity index (χ1v) is 6.81. The highest BCUT2D eigenvalue weighted by molar-refractivity contribution is 6.30. The van der Waals surface area contributed by atoms with Gasteiger partial charge in [-0.2, -0.15) is 0 Å². The first-order valence-electron chi connectivity index (χ1n) is 6.43. The molecular weight excluding hydrogens is 251 g/mol. The molecule has 0 aromatic heterocycles. The minimum atomic E-state index is -0.296. The Morgan fingerprint density at radius 3 is 2.67 bits per heavy atom. The lowest BCUT2D eigenvalue weighted by Gasteiger charge is -2.31. The molecule has 0 radical (unpaired) electrons. The van der Waals surface area contributed by atoms with Gasteiger partial charge in [0.25, 0.3) is 0 Å². The minimum Gasteiger partial charge on any atom is -0.329 e. The van der Waals surface area contributed by atoms with Crippen molar-refractivity contribution in [1.82, 2.24) is 4.90 Å². The van der Waals surface area contributed by atoms with Crippen LogP contribution in [0, 0.1) is 11.7 Å². The van der Waals surface area contributed by atoms with E-state index in [0.29, 0.717) is 23.5 Å². The molecule has 4 heteroatoms. The number of halogens is 2. The van der Waals surface area contributed by atoms with Crippen LogP contribution in [0.5, 0.6) is 0 Å². The summed E-state index contributed by atoms with van der Waals surface area (Å²) in [7, 11) is 0. The third-order valence-corrected chi connectivity index (χ3v) is 3.94. The predicted octanol–water partition coefficient (Wildman–Crippen LogP) is 3.21. The van der Waals surface area contributed by atoms with Gasteiger partial charge in [-0.15, -0.1) is 0 Å². The topological polar surface area (TPSA) is 29.3 Å². The monoisotopic (exact) mass is 270 g/mol. The summed E-state index contributed by atoms with van der Waals surface area (Å²) in [4.78, 5) is 2.36. The predicted molar refractivity (Wildman–Crippen MR) is 73.2 cm³/mol. The van der Waals surface area contributed by atoms with E-state index in [1.54, 1.807) is 6.07 Å². The number of hydrogen-bond donors (Lipinski definition) is 1. The zero-order valence-corrected chi connectivity index (χ0v) is 11.6. The Hall–Kier alpha value is -0.640. The van der Waals surface area contributed by atoms with Gasteiger partial charge in [-0.05, 0) is 43.0 Å². The van der Waals surface area contributed by atoms with Crippen molar-refractivity contribution < 1.29 is 4.39 Å². The molecule has 2 rings (SSSR count). The average Bonchev–Trinajstić information content (AvgIpc) is 2.58. The van der Waals surface area contributed by atoms with E-state index in [4.69, 9.17) is 17.3 Å². The van der Waals surface area contributed by atoms with Crippen LogP contribution in [0.25, 0.3) is 0 Å². The van der Waals surface area contributed by atoms with Gasteiger partial charge in [0.1, 0.15) is 5.82 Å². The fourth-order valence-corrected chi connectivity index (χ4v) is 3.23. The van der Waals surface area contributed by atoms with Gasteiger partial charge in [0.2, 0.25) is 0 Å². The fourth-order valence-electron chi connectivity index (χ4n) is 3.00. The van der Waals surface area contributed by atoms with Crippen LogP contribution in [0.4, 0.5) is 4.39 Å². The summed E-state index contributed by atoms with van der Waals surface area (Å²) >= 11 is 5.92. The first kappa shape index (κ1) is 13.8. The molecule has 1 aromatic rings. The SMILES string of the molecule is CC1CC(C)N(C(CN)c2cc(F)cc(Cl)c2)C1. The smallest absolute Gasteiger partial charge is 0.125 e. The Labute approximate surface area is 113 Å². The Bertz CT molecular complexity index is 404. The molecule has 1 fully saturated rings. The Morgan fingerprint density at radius 1 is 1.44 bits per heavy atom. The molecule has 1 aliphatic heterocycles. The normalized spacial score (nSPS) is 26.5. The molecule has 1 aliphatic rings. The lowest BCUT2D eigenvalue weighted by atomic mass is 10.0. The summed E-state index contributed by atoms with van der Waals surface area (Å²) < 4.78 is 13.4. The molecule has 3 unspecified atom stereocenters. The van der Waals surface area contributed by atoms with Gasteiger partial charge in [-0.3, -0.25) is 4.90 Å². The van der Waals surface area contributed by atoms with Crippen LogP contribution in [-0.2, 0) is 0 Å². The van der Waals surface area contributed by atoms with Crippen molar-refractivity contribution in [2.45, 2.75) is 32.4 Å². The highest BCUT2D eigenvalue weighted by atomic mass is 35.5. The van der Waals surface area contributed by atoms with E-state index in [1.807, 2.05) is 6.07 Å². The number of nitrogens with zero attached hydrogens (tertiary/aromatic N) is 1. The molecule has 0 spiro atoms. The minimum absolute atomic E-state index is 0.0538. The van der Waals surface area contributed by atoms with Gasteiger partial charge in [0, 0.05) is 30.2 Å². The molecule has 0 bridgehead atoms. The van der Waals surface area contributed by atoms with E-state index >= 15 is 0 Å². The molecule has 100 valence electrons. The van der Waals surface area contributed by atoms with Crippen molar-refractivity contribution in [2.75, 3.05) is 13.1 Å². The van der Waals surface area contributed by atoms with Crippen LogP contribution in [-0.4, -0.2) is 24.0 Å². The lowest BCUT2D eigenvalue weighted by molar-refractivity contribution is 0.192. The molecule has 0 saturated carbocycles. The maximum absolute atomic E-state index is 13.4. The number of likely N-dealkylation sites (tertiary alicyclic amines) is 1. The summed E-state index contributed by atoms with van der Waals surface area (Å²) in [6, 6.07) is 5.22. The lowest BCUT2D eigenvalue weighted by Crippen LogP contribution is -2.36. The Morgan fingerprint density at radius 2 is 2.17 bits per heavy atom. The Balaban J connectivity index is 2.27. The van der Waals surface area contributed by atoms with Gasteiger partial charge in [-0.1, -0.05) is 18.5 Å². The highest BCUT2D eigenvalue weighted by Crippen LogP contribution is 2.32. The van der Waals surface area contributed by atoms with Crippen molar-refractivity contribution >= 4 is 11.6 Å². The molecule has 1 saturated heterocycles. The molecule has 1 heterocycles. The molecule has 2 N–H and O–H groups in total. The molecule has 3 atom stereocenters. The van der Waals surface area contributed by atoms with Crippen molar-refractivity contribution in [3.8, 4) is 0 Å². The standard InChI is InChI=1S/C14H20ClFN2/c1-9-3-10(2)18(8-9)14(7-17)11-4-12(15)6-13(16)5-11/h4-6,9-10,14H,3,7-8,17H2,1-2H3.